The fourth-order valence-electron chi connectivity index (χ4n) is 3.39. The first kappa shape index (κ1) is 25.0. The van der Waals surface area contributed by atoms with Gasteiger partial charge in [0.25, 0.3) is 0 Å². The van der Waals surface area contributed by atoms with Gasteiger partial charge in [0.1, 0.15) is 16.8 Å². The summed E-state index contributed by atoms with van der Waals surface area (Å²) in [6.45, 7) is 0.194. The summed E-state index contributed by atoms with van der Waals surface area (Å²) in [5, 5.41) is 3.18. The third kappa shape index (κ3) is 6.54. The minimum Gasteiger partial charge on any atom is -0.497 e. The van der Waals surface area contributed by atoms with Crippen molar-refractivity contribution in [3.8, 4) is 5.75 Å². The van der Waals surface area contributed by atoms with Crippen LogP contribution in [0, 0.1) is 5.82 Å². The molecule has 1 N–H and O–H groups in total. The number of ether oxygens (including phenoxy) is 1. The summed E-state index contributed by atoms with van der Waals surface area (Å²) in [6.07, 6.45) is -0.0341. The largest absolute Gasteiger partial charge is 0.497 e. The predicted octanol–water partition coefficient (Wildman–Crippen LogP) is 6.30. The molecule has 10 heteroatoms. The fraction of sp³-hybridized carbons (Fsp3) is 0.160. The molecule has 1 heterocycles. The van der Waals surface area contributed by atoms with E-state index in [4.69, 9.17) is 27.9 Å². The molecule has 1 aliphatic heterocycles. The van der Waals surface area contributed by atoms with Crippen molar-refractivity contribution >= 4 is 63.3 Å². The lowest BCUT2D eigenvalue weighted by molar-refractivity contribution is -0.129. The predicted molar refractivity (Wildman–Crippen MR) is 138 cm³/mol. The number of nitrogens with zero attached hydrogens (tertiary/aromatic N) is 2. The van der Waals surface area contributed by atoms with Crippen LogP contribution in [-0.4, -0.2) is 34.2 Å². The Morgan fingerprint density at radius 2 is 1.77 bits per heavy atom. The highest BCUT2D eigenvalue weighted by Gasteiger charge is 2.36. The molecule has 35 heavy (non-hydrogen) atoms. The minimum absolute atomic E-state index is 0.0341. The zero-order valence-corrected chi connectivity index (χ0v) is 20.8. The Hall–Kier alpha value is -3.07. The van der Waals surface area contributed by atoms with Crippen molar-refractivity contribution in [2.45, 2.75) is 18.2 Å². The number of amidine groups is 1. The Kier molecular flexibility index (Phi) is 7.95. The third-order valence-electron chi connectivity index (χ3n) is 5.11. The van der Waals surface area contributed by atoms with E-state index in [0.717, 1.165) is 5.56 Å². The Labute approximate surface area is 216 Å². The van der Waals surface area contributed by atoms with Crippen molar-refractivity contribution in [2.24, 2.45) is 4.99 Å². The molecule has 1 saturated heterocycles. The molecule has 1 atom stereocenters. The van der Waals surface area contributed by atoms with E-state index in [9.17, 15) is 14.0 Å². The van der Waals surface area contributed by atoms with Gasteiger partial charge in [-0.2, -0.15) is 0 Å². The molecule has 2 amide bonds. The molecule has 1 unspecified atom stereocenters. The number of amides is 2. The van der Waals surface area contributed by atoms with Crippen LogP contribution in [0.2, 0.25) is 10.0 Å². The summed E-state index contributed by atoms with van der Waals surface area (Å²) in [4.78, 5) is 32.3. The van der Waals surface area contributed by atoms with E-state index < -0.39 is 5.25 Å². The fourth-order valence-corrected chi connectivity index (χ4v) is 5.01. The number of hydrogen-bond acceptors (Lipinski definition) is 5. The Morgan fingerprint density at radius 3 is 2.40 bits per heavy atom. The number of carbonyl (C=O) groups excluding carboxylic acids is 2. The summed E-state index contributed by atoms with van der Waals surface area (Å²) < 4.78 is 18.5. The van der Waals surface area contributed by atoms with Gasteiger partial charge in [-0.25, -0.2) is 9.38 Å². The smallest absolute Gasteiger partial charge is 0.238 e. The number of aliphatic imine (C=N–C) groups is 1. The average molecular weight is 532 g/mol. The van der Waals surface area contributed by atoms with Crippen LogP contribution in [0.3, 0.4) is 0 Å². The minimum atomic E-state index is -0.721. The molecule has 0 radical (unpaired) electrons. The second-order valence-corrected chi connectivity index (χ2v) is 9.70. The van der Waals surface area contributed by atoms with Crippen LogP contribution in [-0.2, 0) is 16.1 Å². The first-order valence-corrected chi connectivity index (χ1v) is 12.2. The van der Waals surface area contributed by atoms with Gasteiger partial charge < -0.3 is 10.1 Å². The van der Waals surface area contributed by atoms with Crippen molar-refractivity contribution in [1.82, 2.24) is 4.90 Å². The molecule has 0 saturated carbocycles. The highest BCUT2D eigenvalue weighted by atomic mass is 35.5. The summed E-state index contributed by atoms with van der Waals surface area (Å²) in [5.41, 5.74) is 1.76. The van der Waals surface area contributed by atoms with E-state index in [0.29, 0.717) is 32.3 Å². The topological polar surface area (TPSA) is 71.0 Å². The monoisotopic (exact) mass is 531 g/mol. The van der Waals surface area contributed by atoms with Gasteiger partial charge in [0.2, 0.25) is 11.8 Å². The SMILES string of the molecule is COc1ccc(N=C2SC(C(=O)Nc3cc(Cl)cc(Cl)c3)CC(=O)N2Cc2ccc(F)cc2)cc1. The van der Waals surface area contributed by atoms with Gasteiger partial charge in [0.05, 0.1) is 19.3 Å². The third-order valence-corrected chi connectivity index (χ3v) is 6.74. The molecular weight excluding hydrogens is 512 g/mol. The van der Waals surface area contributed by atoms with Crippen LogP contribution < -0.4 is 10.1 Å². The summed E-state index contributed by atoms with van der Waals surface area (Å²) in [6, 6.07) is 17.6. The molecule has 4 rings (SSSR count). The van der Waals surface area contributed by atoms with Gasteiger partial charge in [0.15, 0.2) is 5.17 Å². The number of rotatable bonds is 6. The van der Waals surface area contributed by atoms with E-state index >= 15 is 0 Å². The average Bonchev–Trinajstić information content (AvgIpc) is 2.82. The molecule has 0 aliphatic carbocycles. The van der Waals surface area contributed by atoms with Crippen LogP contribution in [0.1, 0.15) is 12.0 Å². The maximum absolute atomic E-state index is 13.4. The van der Waals surface area contributed by atoms with Crippen molar-refractivity contribution in [2.75, 3.05) is 12.4 Å². The molecule has 3 aromatic carbocycles. The normalized spacial score (nSPS) is 16.9. The summed E-state index contributed by atoms with van der Waals surface area (Å²) >= 11 is 13.2. The van der Waals surface area contributed by atoms with E-state index in [1.54, 1.807) is 61.7 Å². The highest BCUT2D eigenvalue weighted by molar-refractivity contribution is 8.15. The van der Waals surface area contributed by atoms with Crippen LogP contribution >= 0.6 is 35.0 Å². The number of methoxy groups -OCH3 is 1. The number of anilines is 1. The number of halogens is 3. The van der Waals surface area contributed by atoms with Crippen LogP contribution in [0.5, 0.6) is 5.75 Å². The van der Waals surface area contributed by atoms with Gasteiger partial charge in [-0.1, -0.05) is 47.1 Å². The highest BCUT2D eigenvalue weighted by Crippen LogP contribution is 2.32. The van der Waals surface area contributed by atoms with Crippen molar-refractivity contribution in [1.29, 1.82) is 0 Å². The van der Waals surface area contributed by atoms with Crippen LogP contribution in [0.15, 0.2) is 71.7 Å². The molecular formula is C25H20Cl2FN3O3S. The quantitative estimate of drug-likeness (QED) is 0.405. The molecule has 180 valence electrons. The van der Waals surface area contributed by atoms with E-state index in [2.05, 4.69) is 10.3 Å². The molecule has 1 aliphatic rings. The van der Waals surface area contributed by atoms with Crippen molar-refractivity contribution < 1.29 is 18.7 Å². The standard InChI is InChI=1S/C25H20Cl2FN3O3S/c1-34-21-8-6-19(7-9-21)30-25-31(14-15-2-4-18(28)5-3-15)23(32)13-22(35-25)24(33)29-20-11-16(26)10-17(27)12-20/h2-12,22H,13-14H2,1H3,(H,29,33). The maximum atomic E-state index is 13.4. The van der Waals surface area contributed by atoms with Crippen molar-refractivity contribution in [3.63, 3.8) is 0 Å². The number of benzene rings is 3. The van der Waals surface area contributed by atoms with E-state index in [-0.39, 0.29) is 30.6 Å². The van der Waals surface area contributed by atoms with Crippen molar-refractivity contribution in [3.05, 3.63) is 88.2 Å². The molecule has 0 aromatic heterocycles. The van der Waals surface area contributed by atoms with Gasteiger partial charge in [0, 0.05) is 22.2 Å². The second-order valence-electron chi connectivity index (χ2n) is 7.66. The Balaban J connectivity index is 1.60. The summed E-state index contributed by atoms with van der Waals surface area (Å²) in [7, 11) is 1.57. The zero-order valence-electron chi connectivity index (χ0n) is 18.5. The lowest BCUT2D eigenvalue weighted by Gasteiger charge is -2.32. The van der Waals surface area contributed by atoms with Crippen LogP contribution in [0.25, 0.3) is 0 Å². The lowest BCUT2D eigenvalue weighted by Crippen LogP contribution is -2.44. The number of nitrogens with one attached hydrogen (secondary N) is 1. The lowest BCUT2D eigenvalue weighted by atomic mass is 10.2. The first-order chi connectivity index (χ1) is 16.8. The summed E-state index contributed by atoms with van der Waals surface area (Å²) in [5.74, 6) is -0.338. The Morgan fingerprint density at radius 1 is 1.11 bits per heavy atom. The van der Waals surface area contributed by atoms with Gasteiger partial charge in [-0.3, -0.25) is 14.5 Å². The number of hydrogen-bond donors (Lipinski definition) is 1. The molecule has 1 fully saturated rings. The molecule has 6 nitrogen and oxygen atoms in total. The zero-order chi connectivity index (χ0) is 24.9. The number of carbonyl (C=O) groups is 2. The van der Waals surface area contributed by atoms with Gasteiger partial charge >= 0.3 is 0 Å². The molecule has 3 aromatic rings. The second kappa shape index (κ2) is 11.1. The molecule has 0 spiro atoms. The van der Waals surface area contributed by atoms with Gasteiger partial charge in [-0.05, 0) is 60.2 Å². The first-order valence-electron chi connectivity index (χ1n) is 10.5. The maximum Gasteiger partial charge on any atom is 0.238 e. The van der Waals surface area contributed by atoms with Gasteiger partial charge in [-0.15, -0.1) is 0 Å². The molecule has 0 bridgehead atoms. The van der Waals surface area contributed by atoms with E-state index in [1.165, 1.54) is 28.8 Å². The van der Waals surface area contributed by atoms with E-state index in [1.807, 2.05) is 0 Å². The number of thioether (sulfide) groups is 1. The van der Waals surface area contributed by atoms with Crippen LogP contribution in [0.4, 0.5) is 15.8 Å². The Bertz CT molecular complexity index is 1250.